The first-order chi connectivity index (χ1) is 15.1. The lowest BCUT2D eigenvalue weighted by Gasteiger charge is -2.10. The largest absolute Gasteiger partial charge is 0.355 e. The third-order valence-electron chi connectivity index (χ3n) is 4.63. The van der Waals surface area contributed by atoms with E-state index in [1.165, 1.54) is 6.21 Å². The third kappa shape index (κ3) is 4.65. The van der Waals surface area contributed by atoms with Gasteiger partial charge in [0.1, 0.15) is 5.15 Å². The van der Waals surface area contributed by atoms with Crippen molar-refractivity contribution < 1.29 is 4.79 Å². The molecule has 0 aliphatic rings. The number of aryl methyl sites for hydroxylation is 1. The van der Waals surface area contributed by atoms with Crippen molar-refractivity contribution in [1.82, 2.24) is 15.2 Å². The van der Waals surface area contributed by atoms with Crippen LogP contribution >= 0.6 is 11.6 Å². The van der Waals surface area contributed by atoms with Gasteiger partial charge in [0.15, 0.2) is 0 Å². The summed E-state index contributed by atoms with van der Waals surface area (Å²) in [6.07, 6.45) is 1.51. The summed E-state index contributed by atoms with van der Waals surface area (Å²) in [6, 6.07) is 26.5. The van der Waals surface area contributed by atoms with Gasteiger partial charge in [-0.25, -0.2) is 10.1 Å². The number of rotatable bonds is 6. The molecule has 0 spiro atoms. The molecule has 4 aromatic rings. The molecule has 2 N–H and O–H groups in total. The number of hydrazone groups is 1. The van der Waals surface area contributed by atoms with E-state index in [0.29, 0.717) is 27.7 Å². The van der Waals surface area contributed by atoms with Gasteiger partial charge in [-0.15, -0.1) is 0 Å². The Balaban J connectivity index is 1.51. The van der Waals surface area contributed by atoms with E-state index < -0.39 is 0 Å². The molecule has 1 heterocycles. The summed E-state index contributed by atoms with van der Waals surface area (Å²) >= 11 is 6.50. The van der Waals surface area contributed by atoms with Crippen LogP contribution < -0.4 is 10.7 Å². The van der Waals surface area contributed by atoms with Crippen molar-refractivity contribution in [3.8, 4) is 5.69 Å². The van der Waals surface area contributed by atoms with Crippen LogP contribution in [0.25, 0.3) is 5.69 Å². The molecule has 6 nitrogen and oxygen atoms in total. The quantitative estimate of drug-likeness (QED) is 0.321. The van der Waals surface area contributed by atoms with Crippen LogP contribution in [0.5, 0.6) is 0 Å². The maximum absolute atomic E-state index is 12.7. The maximum atomic E-state index is 12.7. The minimum absolute atomic E-state index is 0.334. The molecule has 4 rings (SSSR count). The highest BCUT2D eigenvalue weighted by Crippen LogP contribution is 2.22. The maximum Gasteiger partial charge on any atom is 0.273 e. The number of nitrogens with one attached hydrogen (secondary N) is 2. The summed E-state index contributed by atoms with van der Waals surface area (Å²) in [4.78, 5) is 12.7. The van der Waals surface area contributed by atoms with Crippen LogP contribution in [-0.4, -0.2) is 21.9 Å². The molecule has 0 radical (unpaired) electrons. The van der Waals surface area contributed by atoms with Gasteiger partial charge in [0, 0.05) is 5.69 Å². The standard InChI is InChI=1S/C24H20ClN5O/c1-17-21(23(25)30(29-17)19-12-6-3-7-13-19)16-26-28-24(31)20-14-8-9-15-22(20)27-18-10-4-2-5-11-18/h2-16,27H,1H3,(H,28,31)/b26-16+. The lowest BCUT2D eigenvalue weighted by molar-refractivity contribution is 0.0956. The van der Waals surface area contributed by atoms with Gasteiger partial charge >= 0.3 is 0 Å². The van der Waals surface area contributed by atoms with E-state index in [4.69, 9.17) is 11.6 Å². The fraction of sp³-hybridized carbons (Fsp3) is 0.0417. The molecular formula is C24H20ClN5O. The number of amides is 1. The van der Waals surface area contributed by atoms with E-state index >= 15 is 0 Å². The second-order valence-electron chi connectivity index (χ2n) is 6.77. The molecule has 0 saturated heterocycles. The number of carbonyl (C=O) groups is 1. The summed E-state index contributed by atoms with van der Waals surface area (Å²) in [5.74, 6) is -0.334. The molecule has 0 unspecified atom stereocenters. The van der Waals surface area contributed by atoms with Gasteiger partial charge in [-0.05, 0) is 43.3 Å². The first-order valence-corrected chi connectivity index (χ1v) is 10.1. The van der Waals surface area contributed by atoms with Gasteiger partial charge < -0.3 is 5.32 Å². The number of nitrogens with zero attached hydrogens (tertiary/aromatic N) is 3. The number of aromatic nitrogens is 2. The Morgan fingerprint density at radius 3 is 2.35 bits per heavy atom. The zero-order valence-corrected chi connectivity index (χ0v) is 17.5. The summed E-state index contributed by atoms with van der Waals surface area (Å²) in [6.45, 7) is 1.84. The van der Waals surface area contributed by atoms with Crippen LogP contribution in [0, 0.1) is 6.92 Å². The molecule has 154 valence electrons. The van der Waals surface area contributed by atoms with E-state index in [1.807, 2.05) is 79.7 Å². The first-order valence-electron chi connectivity index (χ1n) is 9.68. The topological polar surface area (TPSA) is 71.3 Å². The Kier molecular flexibility index (Phi) is 6.10. The molecule has 0 fully saturated rings. The van der Waals surface area contributed by atoms with Crippen LogP contribution in [0.15, 0.2) is 90.0 Å². The number of benzene rings is 3. The predicted octanol–water partition coefficient (Wildman–Crippen LogP) is 5.34. The van der Waals surface area contributed by atoms with Crippen LogP contribution in [0.1, 0.15) is 21.6 Å². The monoisotopic (exact) mass is 429 g/mol. The summed E-state index contributed by atoms with van der Waals surface area (Å²) in [5.41, 5.74) is 6.82. The van der Waals surface area contributed by atoms with E-state index in [0.717, 1.165) is 11.4 Å². The van der Waals surface area contributed by atoms with Gasteiger partial charge in [0.2, 0.25) is 0 Å². The molecule has 0 aliphatic carbocycles. The third-order valence-corrected chi connectivity index (χ3v) is 5.00. The van der Waals surface area contributed by atoms with E-state index in [1.54, 1.807) is 16.8 Å². The highest BCUT2D eigenvalue weighted by molar-refractivity contribution is 6.32. The number of carbonyl (C=O) groups excluding carboxylic acids is 1. The van der Waals surface area contributed by atoms with E-state index in [9.17, 15) is 4.79 Å². The second-order valence-corrected chi connectivity index (χ2v) is 7.13. The zero-order valence-electron chi connectivity index (χ0n) is 16.8. The van der Waals surface area contributed by atoms with Gasteiger partial charge in [-0.1, -0.05) is 60.1 Å². The zero-order chi connectivity index (χ0) is 21.6. The minimum Gasteiger partial charge on any atom is -0.355 e. The smallest absolute Gasteiger partial charge is 0.273 e. The number of halogens is 1. The van der Waals surface area contributed by atoms with Gasteiger partial charge in [0.25, 0.3) is 5.91 Å². The average molecular weight is 430 g/mol. The SMILES string of the molecule is Cc1nn(-c2ccccc2)c(Cl)c1/C=N/NC(=O)c1ccccc1Nc1ccccc1. The Morgan fingerprint density at radius 2 is 1.61 bits per heavy atom. The number of anilines is 2. The fourth-order valence-corrected chi connectivity index (χ4v) is 3.40. The molecule has 0 aliphatic heterocycles. The highest BCUT2D eigenvalue weighted by Gasteiger charge is 2.14. The molecule has 0 bridgehead atoms. The van der Waals surface area contributed by atoms with Crippen LogP contribution in [0.3, 0.4) is 0 Å². The first kappa shape index (κ1) is 20.4. The van der Waals surface area contributed by atoms with Gasteiger partial charge in [-0.3, -0.25) is 4.79 Å². The van der Waals surface area contributed by atoms with Crippen molar-refractivity contribution >= 4 is 35.1 Å². The fourth-order valence-electron chi connectivity index (χ4n) is 3.08. The highest BCUT2D eigenvalue weighted by atomic mass is 35.5. The lowest BCUT2D eigenvalue weighted by atomic mass is 10.1. The van der Waals surface area contributed by atoms with Crippen molar-refractivity contribution in [2.75, 3.05) is 5.32 Å². The Morgan fingerprint density at radius 1 is 0.968 bits per heavy atom. The van der Waals surface area contributed by atoms with Crippen molar-refractivity contribution in [3.05, 3.63) is 107 Å². The second kappa shape index (κ2) is 9.28. The Labute approximate surface area is 185 Å². The Hall–Kier alpha value is -3.90. The lowest BCUT2D eigenvalue weighted by Crippen LogP contribution is -2.19. The van der Waals surface area contributed by atoms with Crippen LogP contribution in [0.2, 0.25) is 5.15 Å². The molecule has 0 atom stereocenters. The number of hydrogen-bond acceptors (Lipinski definition) is 4. The molecular weight excluding hydrogens is 410 g/mol. The van der Waals surface area contributed by atoms with Crippen molar-refractivity contribution in [3.63, 3.8) is 0 Å². The minimum atomic E-state index is -0.334. The van der Waals surface area contributed by atoms with Gasteiger partial charge in [0.05, 0.1) is 34.4 Å². The average Bonchev–Trinajstić information content (AvgIpc) is 3.09. The number of hydrogen-bond donors (Lipinski definition) is 2. The molecule has 0 saturated carbocycles. The summed E-state index contributed by atoms with van der Waals surface area (Å²) in [7, 11) is 0. The van der Waals surface area contributed by atoms with E-state index in [2.05, 4.69) is 20.9 Å². The van der Waals surface area contributed by atoms with Crippen LogP contribution in [-0.2, 0) is 0 Å². The van der Waals surface area contributed by atoms with Crippen molar-refractivity contribution in [2.45, 2.75) is 6.92 Å². The van der Waals surface area contributed by atoms with Crippen LogP contribution in [0.4, 0.5) is 11.4 Å². The molecule has 1 aromatic heterocycles. The molecule has 3 aromatic carbocycles. The number of para-hydroxylation sites is 3. The van der Waals surface area contributed by atoms with Gasteiger partial charge in [-0.2, -0.15) is 10.2 Å². The summed E-state index contributed by atoms with van der Waals surface area (Å²) in [5, 5.41) is 12.3. The predicted molar refractivity (Wildman–Crippen MR) is 125 cm³/mol. The van der Waals surface area contributed by atoms with Crippen molar-refractivity contribution in [1.29, 1.82) is 0 Å². The molecule has 7 heteroatoms. The Bertz CT molecular complexity index is 1220. The summed E-state index contributed by atoms with van der Waals surface area (Å²) < 4.78 is 1.64. The normalized spacial score (nSPS) is 10.9. The van der Waals surface area contributed by atoms with E-state index in [-0.39, 0.29) is 5.91 Å². The molecule has 1 amide bonds. The van der Waals surface area contributed by atoms with Crippen molar-refractivity contribution in [2.24, 2.45) is 5.10 Å². The molecule has 31 heavy (non-hydrogen) atoms.